The van der Waals surface area contributed by atoms with E-state index in [0.717, 1.165) is 46.4 Å². The Bertz CT molecular complexity index is 970. The Balaban J connectivity index is 1.92. The Hall–Kier alpha value is -3.11. The van der Waals surface area contributed by atoms with E-state index >= 15 is 0 Å². The zero-order valence-corrected chi connectivity index (χ0v) is 17.1. The first-order chi connectivity index (χ1) is 14.0. The van der Waals surface area contributed by atoms with Crippen LogP contribution in [0.2, 0.25) is 0 Å². The number of hydrogen-bond donors (Lipinski definition) is 1. The van der Waals surface area contributed by atoms with E-state index in [9.17, 15) is 9.90 Å². The number of hydrogen-bond acceptors (Lipinski definition) is 3. The average Bonchev–Trinajstić information content (AvgIpc) is 2.70. The van der Waals surface area contributed by atoms with Crippen molar-refractivity contribution in [1.29, 1.82) is 0 Å². The summed E-state index contributed by atoms with van der Waals surface area (Å²) in [5.41, 5.74) is 6.95. The van der Waals surface area contributed by atoms with E-state index in [1.165, 1.54) is 5.56 Å². The Morgan fingerprint density at radius 1 is 0.897 bits per heavy atom. The summed E-state index contributed by atoms with van der Waals surface area (Å²) in [6, 6.07) is 20.0. The highest BCUT2D eigenvalue weighted by molar-refractivity contribution is 5.88. The fraction of sp³-hybridized carbons (Fsp3) is 0.240. The van der Waals surface area contributed by atoms with Gasteiger partial charge in [-0.15, -0.1) is 0 Å². The van der Waals surface area contributed by atoms with Crippen LogP contribution >= 0.6 is 0 Å². The summed E-state index contributed by atoms with van der Waals surface area (Å²) in [5.74, 6) is -0.0818. The molecule has 150 valence electrons. The molecule has 0 amide bonds. The van der Waals surface area contributed by atoms with Gasteiger partial charge in [0.25, 0.3) is 0 Å². The first kappa shape index (κ1) is 20.6. The van der Waals surface area contributed by atoms with Crippen LogP contribution in [0.1, 0.15) is 43.7 Å². The van der Waals surface area contributed by atoms with E-state index in [1.54, 1.807) is 19.2 Å². The number of benzene rings is 3. The van der Waals surface area contributed by atoms with Gasteiger partial charge < -0.3 is 14.6 Å². The highest BCUT2D eigenvalue weighted by atomic mass is 16.7. The van der Waals surface area contributed by atoms with Crippen molar-refractivity contribution >= 4 is 5.97 Å². The molecular weight excluding hydrogens is 364 g/mol. The molecule has 0 saturated heterocycles. The van der Waals surface area contributed by atoms with Gasteiger partial charge in [0, 0.05) is 13.5 Å². The maximum absolute atomic E-state index is 11.3. The first-order valence-corrected chi connectivity index (χ1v) is 9.59. The number of methoxy groups -OCH3 is 1. The molecule has 4 nitrogen and oxygen atoms in total. The monoisotopic (exact) mass is 390 g/mol. The van der Waals surface area contributed by atoms with Gasteiger partial charge >= 0.3 is 5.97 Å². The zero-order valence-electron chi connectivity index (χ0n) is 17.1. The quantitative estimate of drug-likeness (QED) is 0.540. The SMILES string of the molecule is COCOc1ccc(Cc2c(C)cc(C(=O)O)cc2C)cc1Cc1ccccc1. The van der Waals surface area contributed by atoms with Gasteiger partial charge in [-0.25, -0.2) is 4.79 Å². The number of ether oxygens (including phenoxy) is 2. The summed E-state index contributed by atoms with van der Waals surface area (Å²) in [4.78, 5) is 11.3. The Morgan fingerprint density at radius 3 is 2.21 bits per heavy atom. The van der Waals surface area contributed by atoms with Crippen molar-refractivity contribution in [2.24, 2.45) is 0 Å². The topological polar surface area (TPSA) is 55.8 Å². The molecule has 0 heterocycles. The number of aryl methyl sites for hydroxylation is 2. The molecule has 0 aliphatic carbocycles. The molecule has 3 rings (SSSR count). The summed E-state index contributed by atoms with van der Waals surface area (Å²) in [6.07, 6.45) is 1.51. The molecule has 4 heteroatoms. The summed E-state index contributed by atoms with van der Waals surface area (Å²) in [5, 5.41) is 9.27. The molecule has 0 radical (unpaired) electrons. The lowest BCUT2D eigenvalue weighted by Gasteiger charge is -2.15. The molecule has 0 aromatic heterocycles. The molecule has 0 fully saturated rings. The molecular formula is C25H26O4. The van der Waals surface area contributed by atoms with Crippen molar-refractivity contribution < 1.29 is 19.4 Å². The van der Waals surface area contributed by atoms with Crippen LogP contribution in [0.4, 0.5) is 0 Å². The van der Waals surface area contributed by atoms with Crippen LogP contribution in [-0.2, 0) is 17.6 Å². The van der Waals surface area contributed by atoms with Crippen LogP contribution in [0.25, 0.3) is 0 Å². The van der Waals surface area contributed by atoms with Gasteiger partial charge in [-0.05, 0) is 71.8 Å². The number of carboxylic acids is 1. The molecule has 3 aromatic carbocycles. The third kappa shape index (κ3) is 5.24. The minimum Gasteiger partial charge on any atom is -0.478 e. The highest BCUT2D eigenvalue weighted by Gasteiger charge is 2.12. The van der Waals surface area contributed by atoms with Gasteiger partial charge in [0.2, 0.25) is 0 Å². The largest absolute Gasteiger partial charge is 0.478 e. The van der Waals surface area contributed by atoms with Gasteiger partial charge in [-0.2, -0.15) is 0 Å². The summed E-state index contributed by atoms with van der Waals surface area (Å²) >= 11 is 0. The number of rotatable bonds is 8. The number of aromatic carboxylic acids is 1. The van der Waals surface area contributed by atoms with Crippen LogP contribution in [0.3, 0.4) is 0 Å². The third-order valence-corrected chi connectivity index (χ3v) is 5.02. The molecule has 0 unspecified atom stereocenters. The first-order valence-electron chi connectivity index (χ1n) is 9.59. The fourth-order valence-electron chi connectivity index (χ4n) is 3.56. The minimum absolute atomic E-state index is 0.204. The third-order valence-electron chi connectivity index (χ3n) is 5.02. The van der Waals surface area contributed by atoms with Crippen molar-refractivity contribution in [1.82, 2.24) is 0 Å². The molecule has 0 saturated carbocycles. The van der Waals surface area contributed by atoms with Crippen molar-refractivity contribution in [3.05, 3.63) is 99.6 Å². The summed E-state index contributed by atoms with van der Waals surface area (Å²) in [6.45, 7) is 4.14. The smallest absolute Gasteiger partial charge is 0.335 e. The molecule has 1 N–H and O–H groups in total. The normalized spacial score (nSPS) is 10.7. The molecule has 0 bridgehead atoms. The molecule has 3 aromatic rings. The van der Waals surface area contributed by atoms with Crippen LogP contribution in [0.15, 0.2) is 60.7 Å². The van der Waals surface area contributed by atoms with Crippen molar-refractivity contribution in [2.75, 3.05) is 13.9 Å². The fourth-order valence-corrected chi connectivity index (χ4v) is 3.56. The lowest BCUT2D eigenvalue weighted by molar-refractivity contribution is 0.0505. The Morgan fingerprint density at radius 2 is 1.59 bits per heavy atom. The number of carbonyl (C=O) groups is 1. The van der Waals surface area contributed by atoms with E-state index in [0.29, 0.717) is 5.56 Å². The minimum atomic E-state index is -0.896. The Kier molecular flexibility index (Phi) is 6.68. The molecule has 0 aliphatic heterocycles. The van der Waals surface area contributed by atoms with Gasteiger partial charge in [0.05, 0.1) is 5.56 Å². The highest BCUT2D eigenvalue weighted by Crippen LogP contribution is 2.27. The average molecular weight is 390 g/mol. The summed E-state index contributed by atoms with van der Waals surface area (Å²) < 4.78 is 10.8. The van der Waals surface area contributed by atoms with Crippen LogP contribution in [0.5, 0.6) is 5.75 Å². The number of carboxylic acid groups (broad SMARTS) is 1. The lowest BCUT2D eigenvalue weighted by atomic mass is 9.92. The molecule has 0 atom stereocenters. The maximum Gasteiger partial charge on any atom is 0.335 e. The second kappa shape index (κ2) is 9.39. The Labute approximate surface area is 171 Å². The van der Waals surface area contributed by atoms with Crippen LogP contribution in [-0.4, -0.2) is 25.0 Å². The van der Waals surface area contributed by atoms with E-state index < -0.39 is 5.97 Å². The van der Waals surface area contributed by atoms with Gasteiger partial charge in [0.1, 0.15) is 5.75 Å². The molecule has 29 heavy (non-hydrogen) atoms. The maximum atomic E-state index is 11.3. The zero-order chi connectivity index (χ0) is 20.8. The standard InChI is InChI=1S/C25H26O4/c1-17-11-22(25(26)27)12-18(2)23(17)15-20-9-10-24(29-16-28-3)21(14-20)13-19-7-5-4-6-8-19/h4-12,14H,13,15-16H2,1-3H3,(H,26,27). The predicted molar refractivity (Wildman–Crippen MR) is 114 cm³/mol. The lowest BCUT2D eigenvalue weighted by Crippen LogP contribution is -2.05. The van der Waals surface area contributed by atoms with Crippen LogP contribution in [0, 0.1) is 13.8 Å². The van der Waals surface area contributed by atoms with Crippen molar-refractivity contribution in [3.63, 3.8) is 0 Å². The summed E-state index contributed by atoms with van der Waals surface area (Å²) in [7, 11) is 1.61. The van der Waals surface area contributed by atoms with E-state index in [-0.39, 0.29) is 6.79 Å². The van der Waals surface area contributed by atoms with Gasteiger partial charge in [-0.1, -0.05) is 42.5 Å². The van der Waals surface area contributed by atoms with Crippen molar-refractivity contribution in [2.45, 2.75) is 26.7 Å². The van der Waals surface area contributed by atoms with Crippen LogP contribution < -0.4 is 4.74 Å². The molecule has 0 aliphatic rings. The predicted octanol–water partition coefficient (Wildman–Crippen LogP) is 5.17. The molecule has 0 spiro atoms. The second-order valence-electron chi connectivity index (χ2n) is 7.23. The van der Waals surface area contributed by atoms with E-state index in [2.05, 4.69) is 24.3 Å². The van der Waals surface area contributed by atoms with Crippen molar-refractivity contribution in [3.8, 4) is 5.75 Å². The van der Waals surface area contributed by atoms with E-state index in [1.807, 2.05) is 38.1 Å². The van der Waals surface area contributed by atoms with Gasteiger partial charge in [0.15, 0.2) is 6.79 Å². The van der Waals surface area contributed by atoms with E-state index in [4.69, 9.17) is 9.47 Å². The second-order valence-corrected chi connectivity index (χ2v) is 7.23. The van der Waals surface area contributed by atoms with Gasteiger partial charge in [-0.3, -0.25) is 0 Å².